The molecule has 0 unspecified atom stereocenters. The molecule has 0 aliphatic carbocycles. The van der Waals surface area contributed by atoms with Gasteiger partial charge in [0.05, 0.1) is 6.61 Å². The minimum Gasteiger partial charge on any atom is -0.450 e. The molecule has 4 nitrogen and oxygen atoms in total. The molecule has 1 aliphatic heterocycles. The van der Waals surface area contributed by atoms with E-state index >= 15 is 0 Å². The summed E-state index contributed by atoms with van der Waals surface area (Å²) in [4.78, 5) is 13.6. The van der Waals surface area contributed by atoms with Gasteiger partial charge in [0.2, 0.25) is 0 Å². The summed E-state index contributed by atoms with van der Waals surface area (Å²) in [5, 5.41) is 1.32. The van der Waals surface area contributed by atoms with Gasteiger partial charge in [-0.05, 0) is 38.3 Å². The van der Waals surface area contributed by atoms with Crippen molar-refractivity contribution in [2.75, 3.05) is 19.7 Å². The van der Waals surface area contributed by atoms with Crippen LogP contribution in [0.3, 0.4) is 0 Å². The van der Waals surface area contributed by atoms with Gasteiger partial charge < -0.3 is 14.2 Å². The van der Waals surface area contributed by atoms with Gasteiger partial charge in [0, 0.05) is 36.2 Å². The second kappa shape index (κ2) is 5.80. The van der Waals surface area contributed by atoms with Gasteiger partial charge in [0.1, 0.15) is 0 Å². The molecule has 3 rings (SSSR count). The predicted octanol–water partition coefficient (Wildman–Crippen LogP) is 3.74. The lowest BCUT2D eigenvalue weighted by atomic mass is 10.1. The molecule has 0 radical (unpaired) electrons. The number of fused-ring (bicyclic) bond motifs is 1. The maximum absolute atomic E-state index is 11.8. The van der Waals surface area contributed by atoms with Crippen LogP contribution in [0.4, 0.5) is 4.79 Å². The van der Waals surface area contributed by atoms with E-state index in [2.05, 4.69) is 42.0 Å². The van der Waals surface area contributed by atoms with Crippen molar-refractivity contribution in [2.45, 2.75) is 32.7 Å². The van der Waals surface area contributed by atoms with Crippen LogP contribution >= 0.6 is 0 Å². The maximum atomic E-state index is 11.8. The molecule has 4 heteroatoms. The number of nitrogens with zero attached hydrogens (tertiary/aromatic N) is 2. The van der Waals surface area contributed by atoms with Crippen LogP contribution in [0.15, 0.2) is 30.5 Å². The molecule has 2 heterocycles. The summed E-state index contributed by atoms with van der Waals surface area (Å²) in [6.07, 6.45) is 4.04. The first-order chi connectivity index (χ1) is 10.2. The molecule has 1 aromatic carbocycles. The number of rotatable bonds is 2. The van der Waals surface area contributed by atoms with Gasteiger partial charge in [-0.2, -0.15) is 0 Å². The highest BCUT2D eigenvalue weighted by Gasteiger charge is 2.25. The fourth-order valence-electron chi connectivity index (χ4n) is 3.22. The van der Waals surface area contributed by atoms with Crippen LogP contribution in [0.2, 0.25) is 0 Å². The first-order valence-electron chi connectivity index (χ1n) is 7.68. The van der Waals surface area contributed by atoms with E-state index in [0.717, 1.165) is 25.9 Å². The zero-order valence-corrected chi connectivity index (χ0v) is 12.7. The molecule has 21 heavy (non-hydrogen) atoms. The number of benzene rings is 1. The first-order valence-corrected chi connectivity index (χ1v) is 7.68. The maximum Gasteiger partial charge on any atom is 0.409 e. The van der Waals surface area contributed by atoms with Gasteiger partial charge in [-0.1, -0.05) is 18.2 Å². The van der Waals surface area contributed by atoms with Crippen LogP contribution in [-0.4, -0.2) is 35.3 Å². The SMILES string of the molecule is CCOC(=O)N1CCC(n2cc(C)c3ccccc32)CC1. The van der Waals surface area contributed by atoms with Crippen molar-refractivity contribution < 1.29 is 9.53 Å². The van der Waals surface area contributed by atoms with Gasteiger partial charge in [-0.25, -0.2) is 4.79 Å². The smallest absolute Gasteiger partial charge is 0.409 e. The molecule has 112 valence electrons. The number of hydrogen-bond acceptors (Lipinski definition) is 2. The number of hydrogen-bond donors (Lipinski definition) is 0. The third-order valence-corrected chi connectivity index (χ3v) is 4.32. The molecule has 1 aliphatic rings. The van der Waals surface area contributed by atoms with Crippen LogP contribution < -0.4 is 0 Å². The van der Waals surface area contributed by atoms with Crippen LogP contribution in [0.25, 0.3) is 10.9 Å². The summed E-state index contributed by atoms with van der Waals surface area (Å²) < 4.78 is 7.46. The summed E-state index contributed by atoms with van der Waals surface area (Å²) in [5.74, 6) is 0. The van der Waals surface area contributed by atoms with E-state index < -0.39 is 0 Å². The molecule has 0 spiro atoms. The van der Waals surface area contributed by atoms with Crippen LogP contribution in [-0.2, 0) is 4.74 Å². The Morgan fingerprint density at radius 2 is 2.00 bits per heavy atom. The Kier molecular flexibility index (Phi) is 3.86. The van der Waals surface area contributed by atoms with Crippen molar-refractivity contribution in [1.82, 2.24) is 9.47 Å². The number of piperidine rings is 1. The van der Waals surface area contributed by atoms with Crippen LogP contribution in [0.1, 0.15) is 31.4 Å². The van der Waals surface area contributed by atoms with Crippen molar-refractivity contribution >= 4 is 17.0 Å². The Balaban J connectivity index is 1.76. The topological polar surface area (TPSA) is 34.5 Å². The van der Waals surface area contributed by atoms with Crippen molar-refractivity contribution in [2.24, 2.45) is 0 Å². The minimum absolute atomic E-state index is 0.176. The van der Waals surface area contributed by atoms with Crippen molar-refractivity contribution in [1.29, 1.82) is 0 Å². The molecule has 1 fully saturated rings. The summed E-state index contributed by atoms with van der Waals surface area (Å²) in [6, 6.07) is 9.00. The summed E-state index contributed by atoms with van der Waals surface area (Å²) in [7, 11) is 0. The third kappa shape index (κ3) is 2.62. The summed E-state index contributed by atoms with van der Waals surface area (Å²) in [6.45, 7) is 6.00. The molecule has 1 saturated heterocycles. The highest BCUT2D eigenvalue weighted by molar-refractivity contribution is 5.83. The van der Waals surface area contributed by atoms with Gasteiger partial charge in [-0.3, -0.25) is 0 Å². The van der Waals surface area contributed by atoms with Gasteiger partial charge >= 0.3 is 6.09 Å². The van der Waals surface area contributed by atoms with Gasteiger partial charge in [0.25, 0.3) is 0 Å². The summed E-state index contributed by atoms with van der Waals surface area (Å²) in [5.41, 5.74) is 2.61. The lowest BCUT2D eigenvalue weighted by molar-refractivity contribution is 0.0930. The molecule has 0 saturated carbocycles. The quantitative estimate of drug-likeness (QED) is 0.842. The van der Waals surface area contributed by atoms with E-state index in [0.29, 0.717) is 12.6 Å². The summed E-state index contributed by atoms with van der Waals surface area (Å²) >= 11 is 0. The lowest BCUT2D eigenvalue weighted by Gasteiger charge is -2.32. The highest BCUT2D eigenvalue weighted by atomic mass is 16.6. The van der Waals surface area contributed by atoms with Crippen LogP contribution in [0.5, 0.6) is 0 Å². The molecule has 1 amide bonds. The fourth-order valence-corrected chi connectivity index (χ4v) is 3.22. The van der Waals surface area contributed by atoms with E-state index in [1.807, 2.05) is 11.8 Å². The van der Waals surface area contributed by atoms with Gasteiger partial charge in [-0.15, -0.1) is 0 Å². The largest absolute Gasteiger partial charge is 0.450 e. The Morgan fingerprint density at radius 1 is 1.29 bits per heavy atom. The van der Waals surface area contributed by atoms with E-state index in [-0.39, 0.29) is 6.09 Å². The minimum atomic E-state index is -0.176. The van der Waals surface area contributed by atoms with E-state index in [9.17, 15) is 4.79 Å². The number of likely N-dealkylation sites (tertiary alicyclic amines) is 1. The van der Waals surface area contributed by atoms with Gasteiger partial charge in [0.15, 0.2) is 0 Å². The zero-order valence-electron chi connectivity index (χ0n) is 12.7. The zero-order chi connectivity index (χ0) is 14.8. The first kappa shape index (κ1) is 14.0. The molecule has 2 aromatic rings. The van der Waals surface area contributed by atoms with Crippen molar-refractivity contribution in [3.63, 3.8) is 0 Å². The molecule has 0 bridgehead atoms. The lowest BCUT2D eigenvalue weighted by Crippen LogP contribution is -2.39. The molecular weight excluding hydrogens is 264 g/mol. The average molecular weight is 286 g/mol. The molecule has 0 atom stereocenters. The molecule has 0 N–H and O–H groups in total. The predicted molar refractivity (Wildman–Crippen MR) is 83.5 cm³/mol. The number of para-hydroxylation sites is 1. The molecule has 1 aromatic heterocycles. The Morgan fingerprint density at radius 3 is 2.71 bits per heavy atom. The number of ether oxygens (including phenoxy) is 1. The second-order valence-corrected chi connectivity index (χ2v) is 5.65. The number of aryl methyl sites for hydroxylation is 1. The number of carbonyl (C=O) groups is 1. The highest BCUT2D eigenvalue weighted by Crippen LogP contribution is 2.30. The standard InChI is InChI=1S/C17H22N2O2/c1-3-21-17(20)18-10-8-14(9-11-18)19-12-13(2)15-6-4-5-7-16(15)19/h4-7,12,14H,3,8-11H2,1-2H3. The second-order valence-electron chi connectivity index (χ2n) is 5.65. The normalized spacial score (nSPS) is 16.4. The van der Waals surface area contributed by atoms with Crippen molar-refractivity contribution in [3.05, 3.63) is 36.0 Å². The number of aromatic nitrogens is 1. The third-order valence-electron chi connectivity index (χ3n) is 4.32. The number of amides is 1. The Labute approximate surface area is 125 Å². The van der Waals surface area contributed by atoms with E-state index in [1.165, 1.54) is 16.5 Å². The average Bonchev–Trinajstić information content (AvgIpc) is 2.85. The fraction of sp³-hybridized carbons (Fsp3) is 0.471. The Bertz CT molecular complexity index is 639. The van der Waals surface area contributed by atoms with Crippen molar-refractivity contribution in [3.8, 4) is 0 Å². The molecular formula is C17H22N2O2. The number of carbonyl (C=O) groups excluding carboxylic acids is 1. The Hall–Kier alpha value is -1.97. The monoisotopic (exact) mass is 286 g/mol. The van der Waals surface area contributed by atoms with Crippen LogP contribution in [0, 0.1) is 6.92 Å². The van der Waals surface area contributed by atoms with E-state index in [1.54, 1.807) is 0 Å². The van der Waals surface area contributed by atoms with E-state index in [4.69, 9.17) is 4.74 Å².